The third kappa shape index (κ3) is 8.18. The molecule has 2 saturated carbocycles. The Hall–Kier alpha value is -0.340. The first-order chi connectivity index (χ1) is 14.7. The Kier molecular flexibility index (Phi) is 11.6. The van der Waals surface area contributed by atoms with Crippen LogP contribution in [0.1, 0.15) is 112 Å². The molecular weight excluding hydrogens is 380 g/mol. The molecule has 182 valence electrons. The van der Waals surface area contributed by atoms with Gasteiger partial charge >= 0.3 is 0 Å². The van der Waals surface area contributed by atoms with Crippen molar-refractivity contribution in [1.82, 2.24) is 0 Å². The molecule has 0 aromatic carbocycles. The molecule has 0 heterocycles. The molecule has 0 bridgehead atoms. The summed E-state index contributed by atoms with van der Waals surface area (Å²) in [6, 6.07) is 0. The summed E-state index contributed by atoms with van der Waals surface area (Å²) in [7, 11) is 0. The lowest BCUT2D eigenvalue weighted by atomic mass is 9.70. The van der Waals surface area contributed by atoms with E-state index < -0.39 is 0 Å². The molecular formula is C29H54O2. The zero-order chi connectivity index (χ0) is 23.0. The van der Waals surface area contributed by atoms with Gasteiger partial charge in [0.1, 0.15) is 0 Å². The number of hydrogen-bond acceptors (Lipinski definition) is 2. The molecule has 0 saturated heterocycles. The molecule has 2 aliphatic carbocycles. The minimum absolute atomic E-state index is 0.191. The van der Waals surface area contributed by atoms with E-state index in [1.54, 1.807) is 0 Å². The van der Waals surface area contributed by atoms with Gasteiger partial charge in [0.25, 0.3) is 0 Å². The van der Waals surface area contributed by atoms with Gasteiger partial charge in [0, 0.05) is 0 Å². The maximum atomic E-state index is 11.2. The molecule has 0 amide bonds. The van der Waals surface area contributed by atoms with Crippen molar-refractivity contribution < 1.29 is 10.2 Å². The maximum Gasteiger partial charge on any atom is 0.0596 e. The second-order valence-corrected chi connectivity index (χ2v) is 11.9. The van der Waals surface area contributed by atoms with E-state index in [4.69, 9.17) is 0 Å². The zero-order valence-electron chi connectivity index (χ0n) is 21.4. The lowest BCUT2D eigenvalue weighted by Gasteiger charge is -2.38. The molecule has 5 unspecified atom stereocenters. The summed E-state index contributed by atoms with van der Waals surface area (Å²) >= 11 is 0. The maximum absolute atomic E-state index is 11.2. The molecule has 2 aliphatic rings. The summed E-state index contributed by atoms with van der Waals surface area (Å²) in [5.74, 6) is 4.10. The van der Waals surface area contributed by atoms with Gasteiger partial charge in [-0.3, -0.25) is 0 Å². The highest BCUT2D eigenvalue weighted by Crippen LogP contribution is 2.39. The fourth-order valence-electron chi connectivity index (χ4n) is 6.88. The van der Waals surface area contributed by atoms with Gasteiger partial charge in [-0.05, 0) is 92.3 Å². The van der Waals surface area contributed by atoms with E-state index >= 15 is 0 Å². The van der Waals surface area contributed by atoms with Crippen molar-refractivity contribution in [1.29, 1.82) is 0 Å². The van der Waals surface area contributed by atoms with Gasteiger partial charge < -0.3 is 10.2 Å². The zero-order valence-corrected chi connectivity index (χ0v) is 21.4. The highest BCUT2D eigenvalue weighted by molar-refractivity contribution is 4.89. The van der Waals surface area contributed by atoms with E-state index in [-0.39, 0.29) is 12.2 Å². The van der Waals surface area contributed by atoms with Crippen molar-refractivity contribution >= 4 is 0 Å². The minimum atomic E-state index is -0.191. The van der Waals surface area contributed by atoms with E-state index in [1.165, 1.54) is 51.4 Å². The number of aliphatic hydroxyl groups excluding tert-OH is 2. The van der Waals surface area contributed by atoms with Gasteiger partial charge in [0.15, 0.2) is 0 Å². The van der Waals surface area contributed by atoms with Crippen molar-refractivity contribution in [2.75, 3.05) is 0 Å². The second kappa shape index (κ2) is 13.4. The molecule has 2 fully saturated rings. The Balaban J connectivity index is 1.83. The predicted molar refractivity (Wildman–Crippen MR) is 134 cm³/mol. The SMILES string of the molecule is C=CC1CCC(C(O)C(C)[C@H](CCC(C)C(O)C(C)CC2CCCCC2)C(C)C)CC1. The third-order valence-electron chi connectivity index (χ3n) is 9.25. The monoisotopic (exact) mass is 434 g/mol. The first kappa shape index (κ1) is 26.9. The first-order valence-electron chi connectivity index (χ1n) is 13.7. The number of aliphatic hydroxyl groups is 2. The van der Waals surface area contributed by atoms with E-state index in [0.717, 1.165) is 31.6 Å². The van der Waals surface area contributed by atoms with Crippen molar-refractivity contribution in [2.45, 2.75) is 124 Å². The Morgan fingerprint density at radius 3 is 1.97 bits per heavy atom. The molecule has 0 spiro atoms. The summed E-state index contributed by atoms with van der Waals surface area (Å²) in [4.78, 5) is 0. The lowest BCUT2D eigenvalue weighted by Crippen LogP contribution is -2.36. The van der Waals surface area contributed by atoms with E-state index in [9.17, 15) is 10.2 Å². The Morgan fingerprint density at radius 1 is 0.806 bits per heavy atom. The Labute approximate surface area is 194 Å². The molecule has 2 nitrogen and oxygen atoms in total. The number of hydrogen-bond donors (Lipinski definition) is 2. The van der Waals surface area contributed by atoms with Crippen molar-refractivity contribution in [2.24, 2.45) is 47.3 Å². The Bertz CT molecular complexity index is 487. The van der Waals surface area contributed by atoms with Crippen molar-refractivity contribution in [3.05, 3.63) is 12.7 Å². The fourth-order valence-corrected chi connectivity index (χ4v) is 6.88. The molecule has 2 N–H and O–H groups in total. The summed E-state index contributed by atoms with van der Waals surface area (Å²) in [6.07, 6.45) is 16.7. The minimum Gasteiger partial charge on any atom is -0.393 e. The molecule has 0 aromatic heterocycles. The van der Waals surface area contributed by atoms with Gasteiger partial charge in [-0.15, -0.1) is 6.58 Å². The van der Waals surface area contributed by atoms with Crippen LogP contribution in [0.2, 0.25) is 0 Å². The molecule has 0 radical (unpaired) electrons. The van der Waals surface area contributed by atoms with E-state index in [1.807, 2.05) is 0 Å². The highest BCUT2D eigenvalue weighted by Gasteiger charge is 2.34. The molecule has 0 aliphatic heterocycles. The van der Waals surface area contributed by atoms with Crippen LogP contribution in [0.4, 0.5) is 0 Å². The summed E-state index contributed by atoms with van der Waals surface area (Å²) < 4.78 is 0. The van der Waals surface area contributed by atoms with Gasteiger partial charge in [-0.25, -0.2) is 0 Å². The average Bonchev–Trinajstić information content (AvgIpc) is 2.78. The topological polar surface area (TPSA) is 40.5 Å². The number of allylic oxidation sites excluding steroid dienone is 1. The standard InChI is InChI=1S/C29H54O2/c1-7-24-14-16-26(17-15-24)29(31)23(6)27(20(2)3)18-13-21(4)28(30)22(5)19-25-11-9-8-10-12-25/h7,20-31H,1,8-19H2,2-6H3/t21?,22?,23?,24?,26?,27-,28?,29?/m1/s1. The van der Waals surface area contributed by atoms with Crippen LogP contribution in [0.15, 0.2) is 12.7 Å². The van der Waals surface area contributed by atoms with Crippen LogP contribution in [-0.2, 0) is 0 Å². The summed E-state index contributed by atoms with van der Waals surface area (Å²) in [6.45, 7) is 15.4. The van der Waals surface area contributed by atoms with Crippen LogP contribution >= 0.6 is 0 Å². The highest BCUT2D eigenvalue weighted by atomic mass is 16.3. The van der Waals surface area contributed by atoms with Crippen LogP contribution in [-0.4, -0.2) is 22.4 Å². The number of rotatable bonds is 12. The summed E-state index contributed by atoms with van der Waals surface area (Å²) in [5, 5.41) is 22.2. The molecule has 31 heavy (non-hydrogen) atoms. The fraction of sp³-hybridized carbons (Fsp3) is 0.931. The molecule has 0 aromatic rings. The molecule has 2 rings (SSSR count). The van der Waals surface area contributed by atoms with E-state index in [0.29, 0.717) is 41.4 Å². The van der Waals surface area contributed by atoms with Crippen LogP contribution in [0.5, 0.6) is 0 Å². The second-order valence-electron chi connectivity index (χ2n) is 11.9. The Morgan fingerprint density at radius 2 is 1.42 bits per heavy atom. The van der Waals surface area contributed by atoms with Gasteiger partial charge in [0.05, 0.1) is 12.2 Å². The first-order valence-corrected chi connectivity index (χ1v) is 13.7. The third-order valence-corrected chi connectivity index (χ3v) is 9.25. The van der Waals surface area contributed by atoms with Crippen LogP contribution in [0.3, 0.4) is 0 Å². The van der Waals surface area contributed by atoms with E-state index in [2.05, 4.69) is 47.3 Å². The van der Waals surface area contributed by atoms with Crippen LogP contribution in [0.25, 0.3) is 0 Å². The van der Waals surface area contributed by atoms with Crippen molar-refractivity contribution in [3.8, 4) is 0 Å². The average molecular weight is 435 g/mol. The smallest absolute Gasteiger partial charge is 0.0596 e. The van der Waals surface area contributed by atoms with Gasteiger partial charge in [0.2, 0.25) is 0 Å². The quantitative estimate of drug-likeness (QED) is 0.310. The van der Waals surface area contributed by atoms with Crippen LogP contribution in [0, 0.1) is 47.3 Å². The lowest BCUT2D eigenvalue weighted by molar-refractivity contribution is -0.00416. The largest absolute Gasteiger partial charge is 0.393 e. The van der Waals surface area contributed by atoms with Gasteiger partial charge in [-0.1, -0.05) is 72.8 Å². The predicted octanol–water partition coefficient (Wildman–Crippen LogP) is 7.63. The molecule has 2 heteroatoms. The van der Waals surface area contributed by atoms with Crippen LogP contribution < -0.4 is 0 Å². The van der Waals surface area contributed by atoms with Crippen molar-refractivity contribution in [3.63, 3.8) is 0 Å². The van der Waals surface area contributed by atoms with Gasteiger partial charge in [-0.2, -0.15) is 0 Å². The summed E-state index contributed by atoms with van der Waals surface area (Å²) in [5.41, 5.74) is 0. The normalized spacial score (nSPS) is 29.2. The molecule has 6 atom stereocenters.